The zero-order valence-corrected chi connectivity index (χ0v) is 5.47. The Kier molecular flexibility index (Phi) is 2.95. The van der Waals surface area contributed by atoms with Crippen LogP contribution < -0.4 is 0 Å². The van der Waals surface area contributed by atoms with Crippen molar-refractivity contribution in [3.8, 4) is 0 Å². The molecule has 1 N–H and O–H groups in total. The molecule has 0 aromatic heterocycles. The van der Waals surface area contributed by atoms with Gasteiger partial charge in [0.05, 0.1) is 0 Å². The van der Waals surface area contributed by atoms with E-state index in [4.69, 9.17) is 5.11 Å². The molecule has 3 nitrogen and oxygen atoms in total. The predicted molar refractivity (Wildman–Crippen MR) is 31.8 cm³/mol. The van der Waals surface area contributed by atoms with Crippen molar-refractivity contribution in [3.63, 3.8) is 0 Å². The standard InChI is InChI=1S/C6H9O3/c1-4(2)6(8)9-5(3)7/h7H,1H2,2-3H3. The maximum atomic E-state index is 10.5. The fraction of sp³-hybridized carbons (Fsp3) is 0.333. The van der Waals surface area contributed by atoms with Gasteiger partial charge in [0.25, 0.3) is 6.29 Å². The molecule has 0 atom stereocenters. The van der Waals surface area contributed by atoms with E-state index >= 15 is 0 Å². The second kappa shape index (κ2) is 3.25. The molecule has 0 aliphatic rings. The van der Waals surface area contributed by atoms with E-state index < -0.39 is 5.97 Å². The first-order valence-corrected chi connectivity index (χ1v) is 2.44. The van der Waals surface area contributed by atoms with Gasteiger partial charge in [-0.1, -0.05) is 6.58 Å². The van der Waals surface area contributed by atoms with Gasteiger partial charge in [-0.3, -0.25) is 0 Å². The molecule has 9 heavy (non-hydrogen) atoms. The number of aliphatic hydroxyl groups is 1. The Hall–Kier alpha value is -0.830. The molecule has 0 heterocycles. The normalized spacial score (nSPS) is 9.33. The van der Waals surface area contributed by atoms with Gasteiger partial charge in [-0.25, -0.2) is 4.79 Å². The Labute approximate surface area is 53.9 Å². The lowest BCUT2D eigenvalue weighted by Gasteiger charge is -2.02. The number of hydrogen-bond acceptors (Lipinski definition) is 3. The summed E-state index contributed by atoms with van der Waals surface area (Å²) in [4.78, 5) is 10.5. The van der Waals surface area contributed by atoms with Crippen LogP contribution in [-0.2, 0) is 9.53 Å². The number of carbonyl (C=O) groups is 1. The Morgan fingerprint density at radius 3 is 2.11 bits per heavy atom. The highest BCUT2D eigenvalue weighted by Gasteiger charge is 2.06. The Bertz CT molecular complexity index is 126. The predicted octanol–water partition coefficient (Wildman–Crippen LogP) is 0.988. The Balaban J connectivity index is 3.65. The molecule has 0 saturated carbocycles. The first-order valence-electron chi connectivity index (χ1n) is 2.44. The number of carbonyl (C=O) groups excluding carboxylic acids is 1. The van der Waals surface area contributed by atoms with Crippen molar-refractivity contribution in [1.29, 1.82) is 0 Å². The lowest BCUT2D eigenvalue weighted by Crippen LogP contribution is -2.07. The lowest BCUT2D eigenvalue weighted by molar-refractivity contribution is -0.144. The summed E-state index contributed by atoms with van der Waals surface area (Å²) in [6, 6.07) is 0. The topological polar surface area (TPSA) is 46.5 Å². The zero-order chi connectivity index (χ0) is 7.44. The number of hydrogen-bond donors (Lipinski definition) is 1. The quantitative estimate of drug-likeness (QED) is 0.446. The van der Waals surface area contributed by atoms with Gasteiger partial charge in [-0.05, 0) is 6.92 Å². The number of rotatable bonds is 2. The summed E-state index contributed by atoms with van der Waals surface area (Å²) in [5, 5.41) is 8.40. The van der Waals surface area contributed by atoms with Crippen LogP contribution >= 0.6 is 0 Å². The molecule has 3 heteroatoms. The molecular weight excluding hydrogens is 120 g/mol. The lowest BCUT2D eigenvalue weighted by atomic mass is 10.4. The van der Waals surface area contributed by atoms with Crippen LogP contribution in [0.1, 0.15) is 13.8 Å². The van der Waals surface area contributed by atoms with Crippen LogP contribution in [0.15, 0.2) is 12.2 Å². The van der Waals surface area contributed by atoms with Crippen LogP contribution in [0.25, 0.3) is 0 Å². The molecule has 0 aliphatic carbocycles. The summed E-state index contributed by atoms with van der Waals surface area (Å²) in [5.74, 6) is -0.602. The van der Waals surface area contributed by atoms with Gasteiger partial charge in [0, 0.05) is 12.5 Å². The summed E-state index contributed by atoms with van der Waals surface area (Å²) < 4.78 is 4.25. The van der Waals surface area contributed by atoms with E-state index in [9.17, 15) is 4.79 Å². The van der Waals surface area contributed by atoms with Crippen molar-refractivity contribution in [1.82, 2.24) is 0 Å². The van der Waals surface area contributed by atoms with E-state index in [0.29, 0.717) is 0 Å². The Morgan fingerprint density at radius 1 is 1.56 bits per heavy atom. The van der Waals surface area contributed by atoms with Gasteiger partial charge >= 0.3 is 5.97 Å². The van der Waals surface area contributed by atoms with Gasteiger partial charge in [0.1, 0.15) is 0 Å². The van der Waals surface area contributed by atoms with E-state index in [1.165, 1.54) is 13.8 Å². The highest BCUT2D eigenvalue weighted by Crippen LogP contribution is 1.99. The number of ether oxygens (including phenoxy) is 1. The molecule has 0 amide bonds. The molecule has 0 saturated heterocycles. The van der Waals surface area contributed by atoms with Crippen LogP contribution in [-0.4, -0.2) is 11.1 Å². The molecule has 0 spiro atoms. The van der Waals surface area contributed by atoms with E-state index in [1.54, 1.807) is 0 Å². The maximum absolute atomic E-state index is 10.5. The monoisotopic (exact) mass is 129 g/mol. The van der Waals surface area contributed by atoms with Crippen LogP contribution in [0.4, 0.5) is 0 Å². The van der Waals surface area contributed by atoms with Crippen molar-refractivity contribution < 1.29 is 14.6 Å². The molecule has 0 bridgehead atoms. The smallest absolute Gasteiger partial charge is 0.335 e. The second-order valence-corrected chi connectivity index (χ2v) is 1.69. The third-order valence-corrected chi connectivity index (χ3v) is 0.589. The van der Waals surface area contributed by atoms with Gasteiger partial charge in [-0.2, -0.15) is 0 Å². The van der Waals surface area contributed by atoms with E-state index in [-0.39, 0.29) is 11.9 Å². The third-order valence-electron chi connectivity index (χ3n) is 0.589. The second-order valence-electron chi connectivity index (χ2n) is 1.69. The SMILES string of the molecule is C=C(C)C(=O)O[C](C)O. The largest absolute Gasteiger partial charge is 0.423 e. The van der Waals surface area contributed by atoms with E-state index in [1.807, 2.05) is 0 Å². The van der Waals surface area contributed by atoms with Gasteiger partial charge in [0.2, 0.25) is 0 Å². The zero-order valence-electron chi connectivity index (χ0n) is 5.47. The van der Waals surface area contributed by atoms with Crippen molar-refractivity contribution in [2.75, 3.05) is 0 Å². The summed E-state index contributed by atoms with van der Waals surface area (Å²) in [5.41, 5.74) is 0.267. The van der Waals surface area contributed by atoms with Crippen molar-refractivity contribution in [2.45, 2.75) is 13.8 Å². The Morgan fingerprint density at radius 2 is 2.00 bits per heavy atom. The van der Waals surface area contributed by atoms with Gasteiger partial charge in [0.15, 0.2) is 0 Å². The van der Waals surface area contributed by atoms with E-state index in [0.717, 1.165) is 0 Å². The van der Waals surface area contributed by atoms with Crippen LogP contribution in [0.3, 0.4) is 0 Å². The van der Waals surface area contributed by atoms with Crippen LogP contribution in [0.2, 0.25) is 0 Å². The van der Waals surface area contributed by atoms with Crippen LogP contribution in [0.5, 0.6) is 0 Å². The average molecular weight is 129 g/mol. The average Bonchev–Trinajstić information content (AvgIpc) is 1.63. The minimum atomic E-state index is -0.602. The van der Waals surface area contributed by atoms with E-state index in [2.05, 4.69) is 11.3 Å². The number of aliphatic hydroxyl groups excluding tert-OH is 1. The minimum absolute atomic E-state index is 0.267. The molecule has 0 rings (SSSR count). The summed E-state index contributed by atoms with van der Waals surface area (Å²) in [7, 11) is 0. The highest BCUT2D eigenvalue weighted by molar-refractivity contribution is 5.87. The van der Waals surface area contributed by atoms with Crippen molar-refractivity contribution in [2.24, 2.45) is 0 Å². The molecule has 0 aliphatic heterocycles. The minimum Gasteiger partial charge on any atom is -0.423 e. The first-order chi connectivity index (χ1) is 4.04. The first kappa shape index (κ1) is 8.17. The van der Waals surface area contributed by atoms with Crippen molar-refractivity contribution >= 4 is 5.97 Å². The molecule has 1 radical (unpaired) electrons. The summed E-state index contributed by atoms with van der Waals surface area (Å²) >= 11 is 0. The van der Waals surface area contributed by atoms with Gasteiger partial charge < -0.3 is 9.84 Å². The van der Waals surface area contributed by atoms with Gasteiger partial charge in [-0.15, -0.1) is 0 Å². The maximum Gasteiger partial charge on any atom is 0.335 e. The highest BCUT2D eigenvalue weighted by atomic mass is 16.6. The summed E-state index contributed by atoms with van der Waals surface area (Å²) in [6.45, 7) is 6.09. The molecular formula is C6H9O3. The molecule has 0 unspecified atom stereocenters. The fourth-order valence-corrected chi connectivity index (χ4v) is 0.221. The third kappa shape index (κ3) is 3.73. The molecule has 51 valence electrons. The van der Waals surface area contributed by atoms with Crippen molar-refractivity contribution in [3.05, 3.63) is 18.4 Å². The van der Waals surface area contributed by atoms with Crippen LogP contribution in [0, 0.1) is 6.29 Å². The molecule has 0 fully saturated rings. The molecule has 0 aromatic carbocycles. The fourth-order valence-electron chi connectivity index (χ4n) is 0.221. The number of esters is 1. The molecule has 0 aromatic rings. The summed E-state index contributed by atoms with van der Waals surface area (Å²) in [6.07, 6.45) is -0.358.